The third kappa shape index (κ3) is 0.819. The van der Waals surface area contributed by atoms with E-state index in [0.29, 0.717) is 0 Å². The van der Waals surface area contributed by atoms with E-state index < -0.39 is 6.23 Å². The van der Waals surface area contributed by atoms with Crippen LogP contribution < -0.4 is 0 Å². The van der Waals surface area contributed by atoms with E-state index in [-0.39, 0.29) is 0 Å². The average Bonchev–Trinajstić information content (AvgIpc) is 2.36. The van der Waals surface area contributed by atoms with E-state index >= 15 is 0 Å². The molecule has 10 heavy (non-hydrogen) atoms. The maximum Gasteiger partial charge on any atom is 0.193 e. The van der Waals surface area contributed by atoms with Crippen molar-refractivity contribution >= 4 is 11.8 Å². The van der Waals surface area contributed by atoms with Gasteiger partial charge in [0.1, 0.15) is 12.6 Å². The van der Waals surface area contributed by atoms with Gasteiger partial charge in [-0.25, -0.2) is 0 Å². The quantitative estimate of drug-likeness (QED) is 0.587. The summed E-state index contributed by atoms with van der Waals surface area (Å²) in [7, 11) is 0. The highest BCUT2D eigenvalue weighted by molar-refractivity contribution is 7.99. The van der Waals surface area contributed by atoms with Gasteiger partial charge in [0.15, 0.2) is 5.16 Å². The van der Waals surface area contributed by atoms with Crippen LogP contribution in [-0.4, -0.2) is 25.6 Å². The summed E-state index contributed by atoms with van der Waals surface area (Å²) in [6.45, 7) is 0. The molecule has 1 N–H and O–H groups in total. The second kappa shape index (κ2) is 2.25. The largest absolute Gasteiger partial charge is 0.373 e. The highest BCUT2D eigenvalue weighted by Gasteiger charge is 2.17. The number of thioether (sulfide) groups is 1. The van der Waals surface area contributed by atoms with Crippen LogP contribution in [0.5, 0.6) is 0 Å². The van der Waals surface area contributed by atoms with E-state index in [1.807, 2.05) is 0 Å². The van der Waals surface area contributed by atoms with Gasteiger partial charge in [0.25, 0.3) is 0 Å². The van der Waals surface area contributed by atoms with Gasteiger partial charge in [-0.1, -0.05) is 11.8 Å². The Morgan fingerprint density at radius 2 is 2.70 bits per heavy atom. The molecule has 2 rings (SSSR count). The topological polar surface area (TPSA) is 50.9 Å². The van der Waals surface area contributed by atoms with Crippen LogP contribution in [0.15, 0.2) is 11.5 Å². The molecule has 0 saturated carbocycles. The lowest BCUT2D eigenvalue weighted by atomic mass is 10.4. The van der Waals surface area contributed by atoms with Crippen molar-refractivity contribution in [2.24, 2.45) is 0 Å². The number of aliphatic hydroxyl groups is 1. The van der Waals surface area contributed by atoms with Crippen LogP contribution in [0.2, 0.25) is 0 Å². The van der Waals surface area contributed by atoms with Gasteiger partial charge in [0.2, 0.25) is 0 Å². The lowest BCUT2D eigenvalue weighted by Gasteiger charge is -2.17. The number of hydrogen-bond donors (Lipinski definition) is 1. The highest BCUT2D eigenvalue weighted by atomic mass is 32.2. The van der Waals surface area contributed by atoms with Gasteiger partial charge >= 0.3 is 0 Å². The fourth-order valence-electron chi connectivity index (χ4n) is 0.934. The molecule has 54 valence electrons. The first-order chi connectivity index (χ1) is 4.88. The van der Waals surface area contributed by atoms with Crippen molar-refractivity contribution in [2.75, 3.05) is 5.75 Å². The van der Waals surface area contributed by atoms with Crippen LogP contribution in [0.1, 0.15) is 12.6 Å². The summed E-state index contributed by atoms with van der Waals surface area (Å²) in [5, 5.41) is 17.6. The number of nitrogens with zero attached hydrogens (tertiary/aromatic N) is 3. The fourth-order valence-corrected chi connectivity index (χ4v) is 1.87. The molecule has 4 nitrogen and oxygen atoms in total. The number of hydrogen-bond acceptors (Lipinski definition) is 4. The van der Waals surface area contributed by atoms with Crippen molar-refractivity contribution < 1.29 is 5.11 Å². The van der Waals surface area contributed by atoms with E-state index in [2.05, 4.69) is 10.2 Å². The molecule has 1 atom stereocenters. The second-order valence-electron chi connectivity index (χ2n) is 2.14. The Morgan fingerprint density at radius 3 is 3.50 bits per heavy atom. The third-order valence-corrected chi connectivity index (χ3v) is 2.46. The molecular weight excluding hydrogens is 150 g/mol. The van der Waals surface area contributed by atoms with Gasteiger partial charge in [-0.3, -0.25) is 4.57 Å². The minimum Gasteiger partial charge on any atom is -0.373 e. The lowest BCUT2D eigenvalue weighted by molar-refractivity contribution is 0.0886. The van der Waals surface area contributed by atoms with Crippen molar-refractivity contribution in [1.29, 1.82) is 0 Å². The Bertz CT molecular complexity index is 237. The summed E-state index contributed by atoms with van der Waals surface area (Å²) in [4.78, 5) is 0. The van der Waals surface area contributed by atoms with Crippen LogP contribution in [0.3, 0.4) is 0 Å². The van der Waals surface area contributed by atoms with E-state index in [0.717, 1.165) is 17.3 Å². The fraction of sp³-hybridized carbons (Fsp3) is 0.600. The van der Waals surface area contributed by atoms with Crippen LogP contribution >= 0.6 is 11.8 Å². The summed E-state index contributed by atoms with van der Waals surface area (Å²) < 4.78 is 1.69. The van der Waals surface area contributed by atoms with Crippen LogP contribution in [0.25, 0.3) is 0 Å². The SMILES string of the molecule is OC1CCSc2nncn21. The zero-order valence-electron chi connectivity index (χ0n) is 5.27. The van der Waals surface area contributed by atoms with Gasteiger partial charge < -0.3 is 5.11 Å². The van der Waals surface area contributed by atoms with Crippen molar-refractivity contribution in [3.8, 4) is 0 Å². The van der Waals surface area contributed by atoms with Crippen LogP contribution in [-0.2, 0) is 0 Å². The van der Waals surface area contributed by atoms with Crippen LogP contribution in [0, 0.1) is 0 Å². The molecule has 1 aromatic heterocycles. The van der Waals surface area contributed by atoms with Gasteiger partial charge in [-0.15, -0.1) is 10.2 Å². The molecule has 1 aliphatic heterocycles. The standard InChI is InChI=1S/C5H7N3OS/c9-4-1-2-10-5-7-6-3-8(4)5/h3-4,9H,1-2H2. The Kier molecular flexibility index (Phi) is 1.39. The molecule has 0 saturated heterocycles. The predicted octanol–water partition coefficient (Wildman–Crippen LogP) is 0.265. The molecule has 0 spiro atoms. The normalized spacial score (nSPS) is 24.3. The molecule has 0 aliphatic carbocycles. The van der Waals surface area contributed by atoms with E-state index in [9.17, 15) is 5.11 Å². The number of rotatable bonds is 0. The van der Waals surface area contributed by atoms with Crippen molar-refractivity contribution in [2.45, 2.75) is 17.8 Å². The molecule has 0 fully saturated rings. The second-order valence-corrected chi connectivity index (χ2v) is 3.20. The molecule has 0 radical (unpaired) electrons. The monoisotopic (exact) mass is 157 g/mol. The van der Waals surface area contributed by atoms with E-state index in [4.69, 9.17) is 0 Å². The maximum absolute atomic E-state index is 9.32. The minimum absolute atomic E-state index is 0.411. The summed E-state index contributed by atoms with van der Waals surface area (Å²) in [5.74, 6) is 0.930. The van der Waals surface area contributed by atoms with Crippen LogP contribution in [0.4, 0.5) is 0 Å². The average molecular weight is 157 g/mol. The molecule has 0 bridgehead atoms. The molecule has 1 aromatic rings. The molecule has 1 aliphatic rings. The first-order valence-corrected chi connectivity index (χ1v) is 4.07. The molecule has 2 heterocycles. The summed E-state index contributed by atoms with van der Waals surface area (Å²) in [6, 6.07) is 0. The van der Waals surface area contributed by atoms with Crippen molar-refractivity contribution in [3.05, 3.63) is 6.33 Å². The number of fused-ring (bicyclic) bond motifs is 1. The zero-order valence-corrected chi connectivity index (χ0v) is 6.08. The third-order valence-electron chi connectivity index (χ3n) is 1.47. The van der Waals surface area contributed by atoms with Crippen molar-refractivity contribution in [3.63, 3.8) is 0 Å². The summed E-state index contributed by atoms with van der Waals surface area (Å²) >= 11 is 1.63. The summed E-state index contributed by atoms with van der Waals surface area (Å²) in [6.07, 6.45) is 1.94. The molecular formula is C5H7N3OS. The Hall–Kier alpha value is -0.550. The highest BCUT2D eigenvalue weighted by Crippen LogP contribution is 2.27. The van der Waals surface area contributed by atoms with Gasteiger partial charge in [-0.2, -0.15) is 0 Å². The first kappa shape index (κ1) is 6.18. The molecule has 5 heteroatoms. The smallest absolute Gasteiger partial charge is 0.193 e. The predicted molar refractivity (Wildman–Crippen MR) is 36.6 cm³/mol. The molecule has 0 aromatic carbocycles. The lowest BCUT2D eigenvalue weighted by Crippen LogP contribution is -2.13. The Labute approximate surface area is 62.3 Å². The van der Waals surface area contributed by atoms with Crippen molar-refractivity contribution in [1.82, 2.24) is 14.8 Å². The van der Waals surface area contributed by atoms with E-state index in [1.54, 1.807) is 22.7 Å². The first-order valence-electron chi connectivity index (χ1n) is 3.08. The Balaban J connectivity index is 2.41. The number of aromatic nitrogens is 3. The van der Waals surface area contributed by atoms with Gasteiger partial charge in [0.05, 0.1) is 0 Å². The van der Waals surface area contributed by atoms with Gasteiger partial charge in [0, 0.05) is 12.2 Å². The molecule has 0 amide bonds. The molecule has 1 unspecified atom stereocenters. The minimum atomic E-state index is -0.411. The number of aliphatic hydroxyl groups excluding tert-OH is 1. The van der Waals surface area contributed by atoms with Gasteiger partial charge in [-0.05, 0) is 0 Å². The maximum atomic E-state index is 9.32. The van der Waals surface area contributed by atoms with E-state index in [1.165, 1.54) is 0 Å². The Morgan fingerprint density at radius 1 is 1.80 bits per heavy atom. The summed E-state index contributed by atoms with van der Waals surface area (Å²) in [5.41, 5.74) is 0. The zero-order chi connectivity index (χ0) is 6.97.